The number of hydrogen-bond acceptors (Lipinski definition) is 11. The number of ether oxygens (including phenoxy) is 6. The van der Waals surface area contributed by atoms with Crippen LogP contribution in [0.4, 0.5) is 4.79 Å². The lowest BCUT2D eigenvalue weighted by Crippen LogP contribution is -2.78. The highest BCUT2D eigenvalue weighted by atomic mass is 16.7. The summed E-state index contributed by atoms with van der Waals surface area (Å²) in [6.45, 7) is 3.32. The molecule has 0 fully saturated rings. The number of guanidine groups is 1. The van der Waals surface area contributed by atoms with Crippen molar-refractivity contribution in [3.05, 3.63) is 0 Å². The van der Waals surface area contributed by atoms with Gasteiger partial charge in [0.1, 0.15) is 31.3 Å². The first kappa shape index (κ1) is 30.9. The van der Waals surface area contributed by atoms with E-state index in [1.807, 2.05) is 0 Å². The van der Waals surface area contributed by atoms with Gasteiger partial charge in [-0.1, -0.05) is 0 Å². The molecular weight excluding hydrogens is 458 g/mol. The van der Waals surface area contributed by atoms with Gasteiger partial charge in [-0.15, -0.1) is 0 Å². The number of rotatable bonds is 16. The molecule has 196 valence electrons. The summed E-state index contributed by atoms with van der Waals surface area (Å²) in [4.78, 5) is 50.7. The van der Waals surface area contributed by atoms with Gasteiger partial charge in [0.15, 0.2) is 6.10 Å². The Hall–Kier alpha value is -3.13. The quantitative estimate of drug-likeness (QED) is 0.0567. The minimum atomic E-state index is -1.59. The lowest BCUT2D eigenvalue weighted by Gasteiger charge is -2.26. The molecule has 14 nitrogen and oxygen atoms in total. The zero-order valence-electron chi connectivity index (χ0n) is 20.0. The van der Waals surface area contributed by atoms with Crippen molar-refractivity contribution in [2.24, 2.45) is 16.9 Å². The van der Waals surface area contributed by atoms with E-state index in [1.54, 1.807) is 0 Å². The van der Waals surface area contributed by atoms with E-state index in [-0.39, 0.29) is 25.8 Å². The molecule has 0 aromatic carbocycles. The predicted molar refractivity (Wildman–Crippen MR) is 115 cm³/mol. The van der Waals surface area contributed by atoms with Crippen LogP contribution in [-0.4, -0.2) is 94.0 Å². The number of carbonyl (C=O) groups is 4. The second-order valence-electron chi connectivity index (χ2n) is 7.53. The van der Waals surface area contributed by atoms with Crippen molar-refractivity contribution >= 4 is 30.0 Å². The number of aliphatic hydroxyl groups is 1. The van der Waals surface area contributed by atoms with Crippen LogP contribution in [-0.2, 0) is 42.8 Å². The normalized spacial score (nSPS) is 14.0. The summed E-state index contributed by atoms with van der Waals surface area (Å²) in [6.07, 6.45) is -2.74. The zero-order valence-corrected chi connectivity index (χ0v) is 20.0. The third kappa shape index (κ3) is 13.4. The monoisotopic (exact) mass is 494 g/mol. The van der Waals surface area contributed by atoms with Crippen molar-refractivity contribution in [3.63, 3.8) is 0 Å². The van der Waals surface area contributed by atoms with Crippen molar-refractivity contribution in [2.45, 2.75) is 45.8 Å². The average molecular weight is 495 g/mol. The maximum atomic E-state index is 12.7. The Labute approximate surface area is 197 Å². The third-order valence-corrected chi connectivity index (χ3v) is 4.14. The van der Waals surface area contributed by atoms with Gasteiger partial charge in [0.2, 0.25) is 0 Å². The van der Waals surface area contributed by atoms with E-state index in [2.05, 4.69) is 4.99 Å². The van der Waals surface area contributed by atoms with Gasteiger partial charge >= 0.3 is 30.0 Å². The van der Waals surface area contributed by atoms with Gasteiger partial charge in [-0.25, -0.2) is 14.4 Å². The molecular formula is C20H36N3O11+. The van der Waals surface area contributed by atoms with Crippen LogP contribution in [0.25, 0.3) is 0 Å². The van der Waals surface area contributed by atoms with Crippen molar-refractivity contribution in [2.75, 3.05) is 46.7 Å². The first-order valence-electron chi connectivity index (χ1n) is 10.6. The molecule has 0 aromatic rings. The van der Waals surface area contributed by atoms with Gasteiger partial charge in [0.25, 0.3) is 0 Å². The predicted octanol–water partition coefficient (Wildman–Crippen LogP) is -2.67. The maximum Gasteiger partial charge on any atom is 0.508 e. The number of methoxy groups -OCH3 is 1. The van der Waals surface area contributed by atoms with Gasteiger partial charge in [-0.05, 0) is 33.6 Å². The maximum absolute atomic E-state index is 12.7. The molecule has 0 saturated carbocycles. The number of nitrogens with one attached hydrogen (secondary N) is 1. The summed E-state index contributed by atoms with van der Waals surface area (Å²) in [5.41, 5.74) is 8.99. The first-order chi connectivity index (χ1) is 15.9. The largest absolute Gasteiger partial charge is 0.508 e. The summed E-state index contributed by atoms with van der Waals surface area (Å²) in [7, 11) is 1.43. The number of hydrogen-bond donors (Lipinski definition) is 4. The van der Waals surface area contributed by atoms with Crippen LogP contribution in [0.1, 0.15) is 33.6 Å². The van der Waals surface area contributed by atoms with E-state index >= 15 is 0 Å². The number of unbranched alkanes of at least 4 members (excludes halogenated alkanes) is 1. The molecule has 34 heavy (non-hydrogen) atoms. The van der Waals surface area contributed by atoms with Crippen LogP contribution in [0.15, 0.2) is 0 Å². The van der Waals surface area contributed by atoms with Gasteiger partial charge in [0, 0.05) is 7.11 Å². The molecule has 1 unspecified atom stereocenters. The Bertz CT molecular complexity index is 695. The highest BCUT2D eigenvalue weighted by Crippen LogP contribution is 2.21. The number of aliphatic hydroxyl groups excluding tert-OH is 1. The minimum absolute atomic E-state index is 0.0369. The molecule has 3 atom stereocenters. The Morgan fingerprint density at radius 3 is 2.15 bits per heavy atom. The summed E-state index contributed by atoms with van der Waals surface area (Å²) in [5, 5.41) is 9.17. The number of carbonyl (C=O) groups excluding carboxylic acids is 4. The lowest BCUT2D eigenvalue weighted by atomic mass is 9.93. The van der Waals surface area contributed by atoms with Gasteiger partial charge < -0.3 is 33.5 Å². The lowest BCUT2D eigenvalue weighted by molar-refractivity contribution is -0.459. The minimum Gasteiger partial charge on any atom is -0.465 e. The molecule has 0 aromatic heterocycles. The standard InChI is InChI=1S/C20H35N3O11/c1-13(24)15(25)34-14(2)16(26)32-11-20(3,12-33-19(28)31-10-9-29-4)17(27)30-8-6-5-7-23-18(21)22/h13-14,24H,5-12H2,1-4H3,(H4,21,22,23)/p+1/t13-,14-,20?/m0/s1. The summed E-state index contributed by atoms with van der Waals surface area (Å²) in [6, 6.07) is 0. The molecule has 0 bridgehead atoms. The van der Waals surface area contributed by atoms with Gasteiger partial charge in [-0.3, -0.25) is 21.3 Å². The van der Waals surface area contributed by atoms with Crippen molar-refractivity contribution in [1.82, 2.24) is 0 Å². The SMILES string of the molecule is COCCOC(=O)OCC(C)(COC(=O)[C@H](C)OC(=O)[C@H](C)O)C(=O)OCCCC[NH+]=C(N)N. The first-order valence-corrected chi connectivity index (χ1v) is 10.6. The smallest absolute Gasteiger partial charge is 0.465 e. The van der Waals surface area contributed by atoms with Crippen LogP contribution in [0.5, 0.6) is 0 Å². The molecule has 0 amide bonds. The van der Waals surface area contributed by atoms with Crippen molar-refractivity contribution < 1.29 is 57.7 Å². The topological polar surface area (TPSA) is 210 Å². The van der Waals surface area contributed by atoms with Crippen LogP contribution in [0, 0.1) is 5.41 Å². The molecule has 0 aliphatic rings. The Morgan fingerprint density at radius 2 is 1.56 bits per heavy atom. The molecule has 0 saturated heterocycles. The fraction of sp³-hybridized carbons (Fsp3) is 0.750. The molecule has 14 heteroatoms. The van der Waals surface area contributed by atoms with E-state index in [9.17, 15) is 24.3 Å². The van der Waals surface area contributed by atoms with Crippen LogP contribution in [0.3, 0.4) is 0 Å². The molecule has 0 heterocycles. The molecule has 0 spiro atoms. The average Bonchev–Trinajstić information content (AvgIpc) is 2.77. The number of esters is 3. The Kier molecular flexibility index (Phi) is 15.0. The molecule has 0 radical (unpaired) electrons. The third-order valence-electron chi connectivity index (χ3n) is 4.14. The Morgan fingerprint density at radius 1 is 0.912 bits per heavy atom. The van der Waals surface area contributed by atoms with E-state index < -0.39 is 54.9 Å². The van der Waals surface area contributed by atoms with E-state index in [0.717, 1.165) is 0 Å². The van der Waals surface area contributed by atoms with Gasteiger partial charge in [-0.2, -0.15) is 0 Å². The second kappa shape index (κ2) is 16.5. The molecule has 6 N–H and O–H groups in total. The van der Waals surface area contributed by atoms with Crippen LogP contribution < -0.4 is 16.5 Å². The summed E-state index contributed by atoms with van der Waals surface area (Å²) < 4.78 is 29.6. The number of nitrogens with two attached hydrogens (primary N) is 2. The van der Waals surface area contributed by atoms with Crippen LogP contribution in [0.2, 0.25) is 0 Å². The highest BCUT2D eigenvalue weighted by molar-refractivity contribution is 5.81. The van der Waals surface area contributed by atoms with E-state index in [4.69, 9.17) is 39.9 Å². The van der Waals surface area contributed by atoms with Crippen molar-refractivity contribution in [1.29, 1.82) is 0 Å². The molecule has 0 rings (SSSR count). The highest BCUT2D eigenvalue weighted by Gasteiger charge is 2.39. The van der Waals surface area contributed by atoms with Crippen LogP contribution >= 0.6 is 0 Å². The van der Waals surface area contributed by atoms with Crippen molar-refractivity contribution in [3.8, 4) is 0 Å². The summed E-state index contributed by atoms with van der Waals surface area (Å²) >= 11 is 0. The van der Waals surface area contributed by atoms with E-state index in [1.165, 1.54) is 27.9 Å². The molecule has 0 aliphatic carbocycles. The Balaban J connectivity index is 4.98. The second-order valence-corrected chi connectivity index (χ2v) is 7.53. The zero-order chi connectivity index (χ0) is 26.1. The fourth-order valence-corrected chi connectivity index (χ4v) is 2.10. The van der Waals surface area contributed by atoms with E-state index in [0.29, 0.717) is 19.4 Å². The fourth-order valence-electron chi connectivity index (χ4n) is 2.10. The summed E-state index contributed by atoms with van der Waals surface area (Å²) in [5.74, 6) is -2.71. The molecule has 0 aliphatic heterocycles. The van der Waals surface area contributed by atoms with Gasteiger partial charge in [0.05, 0.1) is 19.8 Å².